The predicted octanol–water partition coefficient (Wildman–Crippen LogP) is 2.78. The number of hydrogen-bond acceptors (Lipinski definition) is 7. The molecule has 2 heterocycles. The van der Waals surface area contributed by atoms with Crippen molar-refractivity contribution in [1.82, 2.24) is 19.3 Å². The molecule has 0 aliphatic carbocycles. The van der Waals surface area contributed by atoms with E-state index in [2.05, 4.69) is 14.7 Å². The van der Waals surface area contributed by atoms with Gasteiger partial charge >= 0.3 is 11.9 Å². The molecule has 0 fully saturated rings. The molecule has 2 aromatic carbocycles. The van der Waals surface area contributed by atoms with Crippen LogP contribution in [0.25, 0.3) is 22.8 Å². The lowest BCUT2D eigenvalue weighted by Gasteiger charge is -2.16. The van der Waals surface area contributed by atoms with Gasteiger partial charge in [0, 0.05) is 36.6 Å². The highest BCUT2D eigenvalue weighted by Gasteiger charge is 2.23. The van der Waals surface area contributed by atoms with Crippen LogP contribution in [0.3, 0.4) is 0 Å². The molecule has 0 aliphatic rings. The van der Waals surface area contributed by atoms with Gasteiger partial charge in [0.2, 0.25) is 0 Å². The van der Waals surface area contributed by atoms with Gasteiger partial charge in [-0.25, -0.2) is 19.6 Å². The van der Waals surface area contributed by atoms with E-state index in [1.54, 1.807) is 29.4 Å². The SMILES string of the molecule is CC(=O)On1ccnc1-c1ccccc1.COC(=O)C(CO)n1ccnc1-c1ccccc1. The van der Waals surface area contributed by atoms with Gasteiger partial charge in [0.15, 0.2) is 11.9 Å². The summed E-state index contributed by atoms with van der Waals surface area (Å²) >= 11 is 0. The Kier molecular flexibility index (Phi) is 8.09. The molecule has 9 heteroatoms. The summed E-state index contributed by atoms with van der Waals surface area (Å²) in [5, 5.41) is 9.32. The molecule has 0 aliphatic heterocycles. The number of imidazole rings is 2. The van der Waals surface area contributed by atoms with E-state index in [1.165, 1.54) is 18.8 Å². The molecule has 1 unspecified atom stereocenters. The average molecular weight is 448 g/mol. The molecule has 4 rings (SSSR count). The van der Waals surface area contributed by atoms with Crippen LogP contribution in [0.2, 0.25) is 0 Å². The number of aromatic nitrogens is 4. The first-order chi connectivity index (χ1) is 16.0. The molecule has 9 nitrogen and oxygen atoms in total. The summed E-state index contributed by atoms with van der Waals surface area (Å²) in [6.45, 7) is 1.03. The number of methoxy groups -OCH3 is 1. The van der Waals surface area contributed by atoms with E-state index in [0.717, 1.165) is 11.1 Å². The molecule has 0 saturated heterocycles. The topological polar surface area (TPSA) is 108 Å². The Hall–Kier alpha value is -4.24. The third-order valence-corrected chi connectivity index (χ3v) is 4.55. The van der Waals surface area contributed by atoms with Crippen molar-refractivity contribution in [2.45, 2.75) is 13.0 Å². The van der Waals surface area contributed by atoms with Crippen LogP contribution in [-0.4, -0.2) is 50.0 Å². The van der Waals surface area contributed by atoms with E-state index >= 15 is 0 Å². The number of carbonyl (C=O) groups is 2. The molecular formula is C24H24N4O5. The van der Waals surface area contributed by atoms with E-state index in [4.69, 9.17) is 4.84 Å². The summed E-state index contributed by atoms with van der Waals surface area (Å²) in [5.74, 6) is 0.378. The maximum atomic E-state index is 11.6. The van der Waals surface area contributed by atoms with Crippen LogP contribution in [0.5, 0.6) is 0 Å². The van der Waals surface area contributed by atoms with Crippen LogP contribution >= 0.6 is 0 Å². The first-order valence-corrected chi connectivity index (χ1v) is 10.1. The summed E-state index contributed by atoms with van der Waals surface area (Å²) in [6, 6.07) is 18.2. The maximum absolute atomic E-state index is 11.6. The van der Waals surface area contributed by atoms with Gasteiger partial charge in [0.25, 0.3) is 0 Å². The molecule has 1 N–H and O–H groups in total. The first-order valence-electron chi connectivity index (χ1n) is 10.1. The van der Waals surface area contributed by atoms with Gasteiger partial charge < -0.3 is 19.2 Å². The number of benzene rings is 2. The van der Waals surface area contributed by atoms with Crippen LogP contribution in [0, 0.1) is 0 Å². The highest BCUT2D eigenvalue weighted by atomic mass is 16.7. The molecule has 170 valence electrons. The summed E-state index contributed by atoms with van der Waals surface area (Å²) < 4.78 is 7.64. The zero-order valence-corrected chi connectivity index (χ0v) is 18.2. The minimum atomic E-state index is -0.771. The number of hydrogen-bond donors (Lipinski definition) is 1. The van der Waals surface area contributed by atoms with Gasteiger partial charge in [-0.05, 0) is 0 Å². The quantitative estimate of drug-likeness (QED) is 0.452. The van der Waals surface area contributed by atoms with E-state index in [-0.39, 0.29) is 12.6 Å². The fourth-order valence-corrected chi connectivity index (χ4v) is 3.08. The number of rotatable bonds is 6. The largest absolute Gasteiger partial charge is 0.467 e. The smallest absolute Gasteiger partial charge is 0.331 e. The molecule has 0 amide bonds. The number of aliphatic hydroxyl groups is 1. The number of aliphatic hydroxyl groups excluding tert-OH is 1. The van der Waals surface area contributed by atoms with Crippen molar-refractivity contribution in [1.29, 1.82) is 0 Å². The van der Waals surface area contributed by atoms with Gasteiger partial charge in [-0.3, -0.25) is 0 Å². The van der Waals surface area contributed by atoms with Crippen molar-refractivity contribution in [3.63, 3.8) is 0 Å². The van der Waals surface area contributed by atoms with Crippen LogP contribution in [-0.2, 0) is 14.3 Å². The standard InChI is InChI=1S/C13H14N2O3.C11H10N2O2/c1-18-13(17)11(9-16)15-8-7-14-12(15)10-5-3-2-4-6-10;1-9(14)15-13-8-7-12-11(13)10-5-3-2-4-6-10/h2-8,11,16H,9H2,1H3;2-8H,1H3. The number of ether oxygens (including phenoxy) is 1. The number of carbonyl (C=O) groups excluding carboxylic acids is 2. The van der Waals surface area contributed by atoms with E-state index in [0.29, 0.717) is 11.6 Å². The van der Waals surface area contributed by atoms with Crippen molar-refractivity contribution in [2.24, 2.45) is 0 Å². The molecule has 4 aromatic rings. The molecule has 0 spiro atoms. The normalized spacial score (nSPS) is 11.1. The fraction of sp³-hybridized carbons (Fsp3) is 0.167. The molecule has 0 radical (unpaired) electrons. The van der Waals surface area contributed by atoms with Gasteiger partial charge in [-0.1, -0.05) is 60.7 Å². The Balaban J connectivity index is 0.000000189. The van der Waals surface area contributed by atoms with Crippen molar-refractivity contribution < 1.29 is 24.3 Å². The lowest BCUT2D eigenvalue weighted by molar-refractivity contribution is -0.145. The zero-order chi connectivity index (χ0) is 23.6. The monoisotopic (exact) mass is 448 g/mol. The fourth-order valence-electron chi connectivity index (χ4n) is 3.08. The Morgan fingerprint density at radius 1 is 0.909 bits per heavy atom. The first kappa shape index (κ1) is 23.4. The summed E-state index contributed by atoms with van der Waals surface area (Å²) in [4.78, 5) is 35.7. The van der Waals surface area contributed by atoms with Crippen molar-refractivity contribution in [2.75, 3.05) is 13.7 Å². The van der Waals surface area contributed by atoms with Gasteiger partial charge in [0.1, 0.15) is 5.82 Å². The maximum Gasteiger partial charge on any atom is 0.331 e. The van der Waals surface area contributed by atoms with Crippen LogP contribution in [0.1, 0.15) is 13.0 Å². The zero-order valence-electron chi connectivity index (χ0n) is 18.2. The van der Waals surface area contributed by atoms with Gasteiger partial charge in [-0.15, -0.1) is 0 Å². The minimum absolute atomic E-state index is 0.330. The number of esters is 1. The van der Waals surface area contributed by atoms with Crippen LogP contribution in [0.4, 0.5) is 0 Å². The Labute approximate surface area is 190 Å². The highest BCUT2D eigenvalue weighted by molar-refractivity contribution is 5.75. The van der Waals surface area contributed by atoms with Gasteiger partial charge in [-0.2, -0.15) is 4.73 Å². The van der Waals surface area contributed by atoms with Crippen molar-refractivity contribution >= 4 is 11.9 Å². The Bertz CT molecular complexity index is 1170. The molecule has 2 aromatic heterocycles. The molecule has 33 heavy (non-hydrogen) atoms. The third kappa shape index (κ3) is 5.92. The van der Waals surface area contributed by atoms with E-state index in [9.17, 15) is 14.7 Å². The van der Waals surface area contributed by atoms with Crippen molar-refractivity contribution in [3.8, 4) is 22.8 Å². The van der Waals surface area contributed by atoms with Gasteiger partial charge in [0.05, 0.1) is 19.9 Å². The number of nitrogens with zero attached hydrogens (tertiary/aromatic N) is 4. The summed E-state index contributed by atoms with van der Waals surface area (Å²) in [7, 11) is 1.30. The molecule has 0 bridgehead atoms. The lowest BCUT2D eigenvalue weighted by Crippen LogP contribution is -2.24. The third-order valence-electron chi connectivity index (χ3n) is 4.55. The summed E-state index contributed by atoms with van der Waals surface area (Å²) in [5.41, 5.74) is 1.79. The molecular weight excluding hydrogens is 424 g/mol. The lowest BCUT2D eigenvalue weighted by atomic mass is 10.2. The average Bonchev–Trinajstić information content (AvgIpc) is 3.51. The second-order valence-corrected chi connectivity index (χ2v) is 6.77. The van der Waals surface area contributed by atoms with Crippen LogP contribution < -0.4 is 4.84 Å². The van der Waals surface area contributed by atoms with E-state index in [1.807, 2.05) is 60.7 Å². The van der Waals surface area contributed by atoms with Crippen molar-refractivity contribution in [3.05, 3.63) is 85.5 Å². The second kappa shape index (κ2) is 11.4. The summed E-state index contributed by atoms with van der Waals surface area (Å²) in [6.07, 6.45) is 6.43. The second-order valence-electron chi connectivity index (χ2n) is 6.77. The van der Waals surface area contributed by atoms with E-state index < -0.39 is 12.0 Å². The Morgan fingerprint density at radius 3 is 2.00 bits per heavy atom. The highest BCUT2D eigenvalue weighted by Crippen LogP contribution is 2.21. The minimum Gasteiger partial charge on any atom is -0.467 e. The predicted molar refractivity (Wildman–Crippen MR) is 121 cm³/mol. The molecule has 0 saturated carbocycles. The molecule has 1 atom stereocenters. The Morgan fingerprint density at radius 2 is 1.45 bits per heavy atom. The van der Waals surface area contributed by atoms with Crippen LogP contribution in [0.15, 0.2) is 85.5 Å².